The zero-order valence-electron chi connectivity index (χ0n) is 16.2. The van der Waals surface area contributed by atoms with Crippen molar-refractivity contribution in [1.29, 1.82) is 0 Å². The van der Waals surface area contributed by atoms with Gasteiger partial charge in [0.05, 0.1) is 0 Å². The fourth-order valence-electron chi connectivity index (χ4n) is 6.79. The number of hydrogen-bond acceptors (Lipinski definition) is 2. The Balaban J connectivity index is 1.76. The van der Waals surface area contributed by atoms with Crippen LogP contribution in [-0.4, -0.2) is 10.9 Å². The van der Waals surface area contributed by atoms with E-state index in [1.807, 2.05) is 6.92 Å². The van der Waals surface area contributed by atoms with Gasteiger partial charge in [0.2, 0.25) is 0 Å². The number of carbonyl (C=O) groups is 1. The molecule has 3 aliphatic rings. The third-order valence-electron chi connectivity index (χ3n) is 7.97. The second kappa shape index (κ2) is 5.86. The van der Waals surface area contributed by atoms with Crippen molar-refractivity contribution in [3.8, 4) is 5.75 Å². The number of Topliss-reactive ketones (excluding diaryl/α,β-unsaturated/α-hetero) is 1. The van der Waals surface area contributed by atoms with Crippen LogP contribution in [0, 0.1) is 37.0 Å². The number of aromatic hydroxyl groups is 1. The lowest BCUT2D eigenvalue weighted by Crippen LogP contribution is -2.44. The molecule has 4 rings (SSSR count). The number of benzene rings is 1. The molecule has 136 valence electrons. The second-order valence-corrected chi connectivity index (χ2v) is 9.20. The topological polar surface area (TPSA) is 37.3 Å². The van der Waals surface area contributed by atoms with E-state index in [9.17, 15) is 9.90 Å². The number of rotatable bonds is 2. The van der Waals surface area contributed by atoms with Crippen molar-refractivity contribution in [2.45, 2.75) is 78.6 Å². The van der Waals surface area contributed by atoms with Gasteiger partial charge in [-0.1, -0.05) is 26.3 Å². The second-order valence-electron chi connectivity index (χ2n) is 9.20. The minimum atomic E-state index is -0.0699. The number of phenolic OH excluding ortho intramolecular Hbond substituents is 1. The first kappa shape index (κ1) is 17.1. The molecule has 1 N–H and O–H groups in total. The smallest absolute Gasteiger partial charge is 0.139 e. The summed E-state index contributed by atoms with van der Waals surface area (Å²) in [7, 11) is 0. The molecule has 1 aromatic carbocycles. The SMILES string of the molecule is CCCC1CC(=O)C2(C)CCC3c4cc(C)c(O)c(C)c4CCC3C12. The number of aryl methyl sites for hydroxylation is 1. The van der Waals surface area contributed by atoms with Crippen LogP contribution < -0.4 is 0 Å². The summed E-state index contributed by atoms with van der Waals surface area (Å²) in [4.78, 5) is 12.9. The van der Waals surface area contributed by atoms with Gasteiger partial charge in [-0.25, -0.2) is 0 Å². The maximum atomic E-state index is 12.9. The van der Waals surface area contributed by atoms with Crippen molar-refractivity contribution in [2.75, 3.05) is 0 Å². The van der Waals surface area contributed by atoms with Gasteiger partial charge >= 0.3 is 0 Å². The van der Waals surface area contributed by atoms with Crippen molar-refractivity contribution in [3.05, 3.63) is 28.3 Å². The molecule has 2 nitrogen and oxygen atoms in total. The van der Waals surface area contributed by atoms with E-state index in [0.717, 1.165) is 36.8 Å². The van der Waals surface area contributed by atoms with Crippen LogP contribution in [0.15, 0.2) is 6.07 Å². The lowest BCUT2D eigenvalue weighted by Gasteiger charge is -2.50. The van der Waals surface area contributed by atoms with Gasteiger partial charge in [0, 0.05) is 11.8 Å². The molecule has 0 saturated heterocycles. The van der Waals surface area contributed by atoms with Crippen molar-refractivity contribution in [1.82, 2.24) is 0 Å². The predicted molar refractivity (Wildman–Crippen MR) is 101 cm³/mol. The molecule has 3 aliphatic carbocycles. The van der Waals surface area contributed by atoms with Crippen LogP contribution in [0.3, 0.4) is 0 Å². The predicted octanol–water partition coefficient (Wildman–Crippen LogP) is 5.46. The summed E-state index contributed by atoms with van der Waals surface area (Å²) < 4.78 is 0. The molecule has 0 aromatic heterocycles. The molecule has 0 aliphatic heterocycles. The molecule has 0 radical (unpaired) electrons. The van der Waals surface area contributed by atoms with E-state index in [2.05, 4.69) is 26.8 Å². The Morgan fingerprint density at radius 3 is 2.76 bits per heavy atom. The molecule has 1 aromatic rings. The summed E-state index contributed by atoms with van der Waals surface area (Å²) in [6.45, 7) is 8.63. The lowest BCUT2D eigenvalue weighted by atomic mass is 9.53. The van der Waals surface area contributed by atoms with E-state index in [1.54, 1.807) is 0 Å². The van der Waals surface area contributed by atoms with Crippen LogP contribution in [0.5, 0.6) is 5.75 Å². The minimum Gasteiger partial charge on any atom is -0.507 e. The molecule has 2 fully saturated rings. The Labute approximate surface area is 152 Å². The third-order valence-corrected chi connectivity index (χ3v) is 7.97. The van der Waals surface area contributed by atoms with Crippen LogP contribution in [0.2, 0.25) is 0 Å². The highest BCUT2D eigenvalue weighted by Crippen LogP contribution is 2.62. The van der Waals surface area contributed by atoms with Gasteiger partial charge in [-0.15, -0.1) is 0 Å². The van der Waals surface area contributed by atoms with Crippen molar-refractivity contribution < 1.29 is 9.90 Å². The summed E-state index contributed by atoms with van der Waals surface area (Å²) in [6, 6.07) is 2.25. The molecule has 5 atom stereocenters. The van der Waals surface area contributed by atoms with Crippen LogP contribution >= 0.6 is 0 Å². The van der Waals surface area contributed by atoms with E-state index < -0.39 is 0 Å². The highest BCUT2D eigenvalue weighted by Gasteiger charge is 2.58. The quantitative estimate of drug-likeness (QED) is 0.776. The average molecular weight is 341 g/mol. The van der Waals surface area contributed by atoms with Crippen molar-refractivity contribution in [2.24, 2.45) is 23.2 Å². The fourth-order valence-corrected chi connectivity index (χ4v) is 6.79. The zero-order valence-corrected chi connectivity index (χ0v) is 16.2. The van der Waals surface area contributed by atoms with Crippen molar-refractivity contribution in [3.63, 3.8) is 0 Å². The Morgan fingerprint density at radius 2 is 2.04 bits per heavy atom. The number of phenols is 1. The van der Waals surface area contributed by atoms with Crippen molar-refractivity contribution >= 4 is 5.78 Å². The summed E-state index contributed by atoms with van der Waals surface area (Å²) in [5.74, 6) is 3.43. The number of carbonyl (C=O) groups excluding carboxylic acids is 1. The molecule has 0 amide bonds. The van der Waals surface area contributed by atoms with Crippen LogP contribution in [0.1, 0.15) is 80.5 Å². The summed E-state index contributed by atoms with van der Waals surface area (Å²) in [6.07, 6.45) is 7.65. The standard InChI is InChI=1S/C23H32O2/c1-5-6-15-12-20(24)23(4)10-9-17-18(21(15)23)8-7-16-14(3)22(25)13(2)11-19(16)17/h11,15,17-18,21,25H,5-10,12H2,1-4H3. The van der Waals surface area contributed by atoms with E-state index in [4.69, 9.17) is 0 Å². The van der Waals surface area contributed by atoms with Crippen LogP contribution in [0.25, 0.3) is 0 Å². The number of fused-ring (bicyclic) bond motifs is 5. The third kappa shape index (κ3) is 2.32. The highest BCUT2D eigenvalue weighted by molar-refractivity contribution is 5.87. The maximum Gasteiger partial charge on any atom is 0.139 e. The van der Waals surface area contributed by atoms with Crippen LogP contribution in [0.4, 0.5) is 0 Å². The van der Waals surface area contributed by atoms with Gasteiger partial charge in [0.1, 0.15) is 11.5 Å². The van der Waals surface area contributed by atoms with Gasteiger partial charge in [-0.05, 0) is 91.9 Å². The molecule has 2 heteroatoms. The van der Waals surface area contributed by atoms with Gasteiger partial charge in [-0.2, -0.15) is 0 Å². The summed E-state index contributed by atoms with van der Waals surface area (Å²) in [5.41, 5.74) is 4.91. The fraction of sp³-hybridized carbons (Fsp3) is 0.696. The Bertz CT molecular complexity index is 719. The first-order valence-corrected chi connectivity index (χ1v) is 10.2. The van der Waals surface area contributed by atoms with E-state index in [0.29, 0.717) is 35.2 Å². The van der Waals surface area contributed by atoms with Gasteiger partial charge < -0.3 is 5.11 Å². The summed E-state index contributed by atoms with van der Waals surface area (Å²) in [5, 5.41) is 10.4. The molecule has 25 heavy (non-hydrogen) atoms. The Hall–Kier alpha value is -1.31. The molecule has 0 spiro atoms. The van der Waals surface area contributed by atoms with Gasteiger partial charge in [0.25, 0.3) is 0 Å². The highest BCUT2D eigenvalue weighted by atomic mass is 16.3. The lowest BCUT2D eigenvalue weighted by molar-refractivity contribution is -0.129. The maximum absolute atomic E-state index is 12.9. The zero-order chi connectivity index (χ0) is 17.9. The first-order valence-electron chi connectivity index (χ1n) is 10.2. The average Bonchev–Trinajstić information content (AvgIpc) is 2.84. The van der Waals surface area contributed by atoms with Gasteiger partial charge in [-0.3, -0.25) is 4.79 Å². The minimum absolute atomic E-state index is 0.0699. The molecule has 0 bridgehead atoms. The van der Waals surface area contributed by atoms with E-state index >= 15 is 0 Å². The molecule has 2 saturated carbocycles. The molecule has 5 unspecified atom stereocenters. The number of ketones is 1. The van der Waals surface area contributed by atoms with Gasteiger partial charge in [0.15, 0.2) is 0 Å². The normalized spacial score (nSPS) is 36.7. The van der Waals surface area contributed by atoms with E-state index in [-0.39, 0.29) is 5.41 Å². The molecular formula is C23H32O2. The Kier molecular flexibility index (Phi) is 4.01. The molecular weight excluding hydrogens is 308 g/mol. The largest absolute Gasteiger partial charge is 0.507 e. The monoisotopic (exact) mass is 340 g/mol. The van der Waals surface area contributed by atoms with Crippen LogP contribution in [-0.2, 0) is 11.2 Å². The Morgan fingerprint density at radius 1 is 1.28 bits per heavy atom. The van der Waals surface area contributed by atoms with E-state index in [1.165, 1.54) is 30.4 Å². The molecule has 0 heterocycles. The number of hydrogen-bond donors (Lipinski definition) is 1. The first-order chi connectivity index (χ1) is 11.9. The summed E-state index contributed by atoms with van der Waals surface area (Å²) >= 11 is 0.